The molecule has 0 aliphatic heterocycles. The Morgan fingerprint density at radius 2 is 2.00 bits per heavy atom. The highest BCUT2D eigenvalue weighted by atomic mass is 16.4. The second kappa shape index (κ2) is 6.46. The molecule has 0 heterocycles. The van der Waals surface area contributed by atoms with Crippen LogP contribution in [0.5, 0.6) is 0 Å². The minimum absolute atomic E-state index is 0.0950. The second-order valence-corrected chi connectivity index (χ2v) is 2.98. The van der Waals surface area contributed by atoms with E-state index in [1.165, 1.54) is 0 Å². The number of amides is 1. The highest BCUT2D eigenvalue weighted by Crippen LogP contribution is 2.04. The van der Waals surface area contributed by atoms with Crippen LogP contribution >= 0.6 is 0 Å². The lowest BCUT2D eigenvalue weighted by molar-refractivity contribution is -0.141. The molecule has 1 amide bonds. The van der Waals surface area contributed by atoms with Gasteiger partial charge < -0.3 is 10.4 Å². The molecule has 0 aliphatic carbocycles. The molecular weight excluding hydrogens is 170 g/mol. The Morgan fingerprint density at radius 1 is 1.38 bits per heavy atom. The molecule has 0 saturated heterocycles. The van der Waals surface area contributed by atoms with Gasteiger partial charge in [-0.25, -0.2) is 0 Å². The molecule has 0 aromatic heterocycles. The minimum atomic E-state index is -0.835. The molecule has 4 heteroatoms. The summed E-state index contributed by atoms with van der Waals surface area (Å²) in [6.45, 7) is 3.92. The fraction of sp³-hybridized carbons (Fsp3) is 0.778. The van der Waals surface area contributed by atoms with Gasteiger partial charge in [0.15, 0.2) is 0 Å². The van der Waals surface area contributed by atoms with E-state index in [2.05, 4.69) is 5.32 Å². The third-order valence-corrected chi connectivity index (χ3v) is 1.85. The zero-order valence-corrected chi connectivity index (χ0v) is 8.17. The summed E-state index contributed by atoms with van der Waals surface area (Å²) in [6.07, 6.45) is 1.83. The Morgan fingerprint density at radius 3 is 2.38 bits per heavy atom. The topological polar surface area (TPSA) is 66.4 Å². The average molecular weight is 187 g/mol. The van der Waals surface area contributed by atoms with Gasteiger partial charge in [0.25, 0.3) is 0 Å². The molecule has 0 fully saturated rings. The predicted molar refractivity (Wildman–Crippen MR) is 49.3 cm³/mol. The smallest absolute Gasteiger partial charge is 0.308 e. The van der Waals surface area contributed by atoms with Crippen LogP contribution in [0.15, 0.2) is 0 Å². The van der Waals surface area contributed by atoms with Crippen LogP contribution in [0.1, 0.15) is 33.1 Å². The number of hydrogen-bond acceptors (Lipinski definition) is 2. The van der Waals surface area contributed by atoms with Gasteiger partial charge in [-0.2, -0.15) is 0 Å². The Balaban J connectivity index is 3.82. The average Bonchev–Trinajstić information content (AvgIpc) is 2.11. The van der Waals surface area contributed by atoms with Crippen molar-refractivity contribution in [2.75, 3.05) is 6.54 Å². The third kappa shape index (κ3) is 5.22. The van der Waals surface area contributed by atoms with E-state index in [-0.39, 0.29) is 12.5 Å². The standard InChI is InChI=1S/C9H17NO3/c1-3-5-7(9(12)13)6-10-8(11)4-2/h7H,3-6H2,1-2H3,(H,10,11)(H,12,13). The van der Waals surface area contributed by atoms with E-state index in [1.807, 2.05) is 6.92 Å². The summed E-state index contributed by atoms with van der Waals surface area (Å²) >= 11 is 0. The zero-order chi connectivity index (χ0) is 10.3. The van der Waals surface area contributed by atoms with Gasteiger partial charge >= 0.3 is 5.97 Å². The van der Waals surface area contributed by atoms with E-state index in [0.717, 1.165) is 6.42 Å². The molecule has 0 radical (unpaired) electrons. The molecule has 0 bridgehead atoms. The van der Waals surface area contributed by atoms with Crippen LogP contribution in [-0.4, -0.2) is 23.5 Å². The maximum Gasteiger partial charge on any atom is 0.308 e. The van der Waals surface area contributed by atoms with Crippen molar-refractivity contribution in [3.63, 3.8) is 0 Å². The molecule has 1 atom stereocenters. The van der Waals surface area contributed by atoms with Gasteiger partial charge in [-0.1, -0.05) is 20.3 Å². The number of hydrogen-bond donors (Lipinski definition) is 2. The van der Waals surface area contributed by atoms with Crippen molar-refractivity contribution in [1.29, 1.82) is 0 Å². The number of carboxylic acid groups (broad SMARTS) is 1. The largest absolute Gasteiger partial charge is 0.481 e. The summed E-state index contributed by atoms with van der Waals surface area (Å²) in [5, 5.41) is 11.3. The Labute approximate surface area is 78.3 Å². The van der Waals surface area contributed by atoms with Gasteiger partial charge in [0.05, 0.1) is 5.92 Å². The number of carbonyl (C=O) groups excluding carboxylic acids is 1. The molecule has 2 N–H and O–H groups in total. The zero-order valence-electron chi connectivity index (χ0n) is 8.17. The van der Waals surface area contributed by atoms with Crippen LogP contribution in [0.25, 0.3) is 0 Å². The number of nitrogens with one attached hydrogen (secondary N) is 1. The lowest BCUT2D eigenvalue weighted by Crippen LogP contribution is -2.32. The number of rotatable bonds is 6. The maximum absolute atomic E-state index is 10.8. The first kappa shape index (κ1) is 11.9. The second-order valence-electron chi connectivity index (χ2n) is 2.98. The summed E-state index contributed by atoms with van der Waals surface area (Å²) in [5.74, 6) is -1.37. The normalized spacial score (nSPS) is 12.2. The molecule has 0 saturated carbocycles. The molecule has 4 nitrogen and oxygen atoms in total. The van der Waals surface area contributed by atoms with Crippen LogP contribution in [0.4, 0.5) is 0 Å². The minimum Gasteiger partial charge on any atom is -0.481 e. The van der Waals surface area contributed by atoms with Crippen LogP contribution in [0, 0.1) is 5.92 Å². The monoisotopic (exact) mass is 187 g/mol. The first-order valence-corrected chi connectivity index (χ1v) is 4.61. The van der Waals surface area contributed by atoms with E-state index in [9.17, 15) is 9.59 Å². The molecule has 0 aromatic rings. The van der Waals surface area contributed by atoms with E-state index >= 15 is 0 Å². The quantitative estimate of drug-likeness (QED) is 0.652. The molecular formula is C9H17NO3. The van der Waals surface area contributed by atoms with Gasteiger partial charge in [-0.3, -0.25) is 9.59 Å². The predicted octanol–water partition coefficient (Wildman–Crippen LogP) is 1.01. The van der Waals surface area contributed by atoms with Crippen molar-refractivity contribution in [3.8, 4) is 0 Å². The molecule has 76 valence electrons. The van der Waals surface area contributed by atoms with Crippen molar-refractivity contribution >= 4 is 11.9 Å². The molecule has 0 spiro atoms. The first-order valence-electron chi connectivity index (χ1n) is 4.61. The highest BCUT2D eigenvalue weighted by Gasteiger charge is 2.16. The van der Waals surface area contributed by atoms with E-state index < -0.39 is 11.9 Å². The Kier molecular flexibility index (Phi) is 5.93. The van der Waals surface area contributed by atoms with Gasteiger partial charge in [0.2, 0.25) is 5.91 Å². The molecule has 1 unspecified atom stereocenters. The number of aliphatic carboxylic acids is 1. The summed E-state index contributed by atoms with van der Waals surface area (Å²) in [6, 6.07) is 0. The van der Waals surface area contributed by atoms with Gasteiger partial charge in [-0.05, 0) is 6.42 Å². The van der Waals surface area contributed by atoms with Crippen molar-refractivity contribution in [2.45, 2.75) is 33.1 Å². The van der Waals surface area contributed by atoms with Crippen LogP contribution in [-0.2, 0) is 9.59 Å². The van der Waals surface area contributed by atoms with Crippen LogP contribution in [0.2, 0.25) is 0 Å². The van der Waals surface area contributed by atoms with Crippen molar-refractivity contribution in [1.82, 2.24) is 5.32 Å². The summed E-state index contributed by atoms with van der Waals surface area (Å²) < 4.78 is 0. The summed E-state index contributed by atoms with van der Waals surface area (Å²) in [5.41, 5.74) is 0. The third-order valence-electron chi connectivity index (χ3n) is 1.85. The van der Waals surface area contributed by atoms with E-state index in [1.54, 1.807) is 6.92 Å². The lowest BCUT2D eigenvalue weighted by Gasteiger charge is -2.11. The molecule has 13 heavy (non-hydrogen) atoms. The van der Waals surface area contributed by atoms with Gasteiger partial charge in [0.1, 0.15) is 0 Å². The van der Waals surface area contributed by atoms with Crippen molar-refractivity contribution < 1.29 is 14.7 Å². The fourth-order valence-electron chi connectivity index (χ4n) is 1.02. The van der Waals surface area contributed by atoms with E-state index in [0.29, 0.717) is 12.8 Å². The summed E-state index contributed by atoms with van der Waals surface area (Å²) in [4.78, 5) is 21.5. The molecule has 0 rings (SSSR count). The van der Waals surface area contributed by atoms with Crippen molar-refractivity contribution in [2.24, 2.45) is 5.92 Å². The SMILES string of the molecule is CCCC(CNC(=O)CC)C(=O)O. The van der Waals surface area contributed by atoms with Gasteiger partial charge in [0, 0.05) is 13.0 Å². The fourth-order valence-corrected chi connectivity index (χ4v) is 1.02. The molecule has 0 aromatic carbocycles. The molecule has 0 aliphatic rings. The van der Waals surface area contributed by atoms with Crippen LogP contribution < -0.4 is 5.32 Å². The number of carbonyl (C=O) groups is 2. The highest BCUT2D eigenvalue weighted by molar-refractivity contribution is 5.77. The van der Waals surface area contributed by atoms with Gasteiger partial charge in [-0.15, -0.1) is 0 Å². The van der Waals surface area contributed by atoms with Crippen LogP contribution in [0.3, 0.4) is 0 Å². The first-order chi connectivity index (χ1) is 6.11. The maximum atomic E-state index is 10.8. The number of carboxylic acids is 1. The summed E-state index contributed by atoms with van der Waals surface area (Å²) in [7, 11) is 0. The van der Waals surface area contributed by atoms with Crippen molar-refractivity contribution in [3.05, 3.63) is 0 Å². The van der Waals surface area contributed by atoms with E-state index in [4.69, 9.17) is 5.11 Å². The Hall–Kier alpha value is -1.06. The lowest BCUT2D eigenvalue weighted by atomic mass is 10.0. The Bertz CT molecular complexity index is 180.